The standard InChI is InChI=1S/C13H19NO3S/c1-10(2)8-12(9-15)14-18(16,17)13-6-4-11(3)5-7-13/h4-7,9-10,12,14H,8H2,1-3H3/t12-/m0/s1. The highest BCUT2D eigenvalue weighted by atomic mass is 32.2. The summed E-state index contributed by atoms with van der Waals surface area (Å²) in [6, 6.07) is 5.86. The maximum Gasteiger partial charge on any atom is 0.241 e. The summed E-state index contributed by atoms with van der Waals surface area (Å²) in [7, 11) is -3.62. The van der Waals surface area contributed by atoms with Crippen LogP contribution in [-0.2, 0) is 14.8 Å². The summed E-state index contributed by atoms with van der Waals surface area (Å²) in [5, 5.41) is 0. The van der Waals surface area contributed by atoms with Crippen molar-refractivity contribution in [1.82, 2.24) is 4.72 Å². The Bertz CT molecular complexity index is 491. The van der Waals surface area contributed by atoms with E-state index in [9.17, 15) is 13.2 Å². The molecule has 18 heavy (non-hydrogen) atoms. The molecule has 5 heteroatoms. The zero-order valence-electron chi connectivity index (χ0n) is 10.9. The molecule has 100 valence electrons. The first-order valence-electron chi connectivity index (χ1n) is 5.89. The van der Waals surface area contributed by atoms with E-state index >= 15 is 0 Å². The molecule has 0 fully saturated rings. The number of benzene rings is 1. The van der Waals surface area contributed by atoms with Crippen molar-refractivity contribution in [2.45, 2.75) is 38.1 Å². The van der Waals surface area contributed by atoms with Gasteiger partial charge in [0, 0.05) is 0 Å². The Kier molecular flexibility index (Phi) is 5.04. The molecule has 0 unspecified atom stereocenters. The van der Waals surface area contributed by atoms with E-state index in [2.05, 4.69) is 4.72 Å². The van der Waals surface area contributed by atoms with Gasteiger partial charge in [0.1, 0.15) is 6.29 Å². The second-order valence-corrected chi connectivity index (χ2v) is 6.52. The zero-order chi connectivity index (χ0) is 13.8. The van der Waals surface area contributed by atoms with Crippen LogP contribution in [0.3, 0.4) is 0 Å². The van der Waals surface area contributed by atoms with Crippen LogP contribution in [0.5, 0.6) is 0 Å². The zero-order valence-corrected chi connectivity index (χ0v) is 11.7. The first-order valence-corrected chi connectivity index (χ1v) is 7.38. The molecular formula is C13H19NO3S. The minimum absolute atomic E-state index is 0.184. The van der Waals surface area contributed by atoms with Gasteiger partial charge in [-0.25, -0.2) is 13.1 Å². The van der Waals surface area contributed by atoms with E-state index in [4.69, 9.17) is 0 Å². The number of aldehydes is 1. The monoisotopic (exact) mass is 269 g/mol. The summed E-state index contributed by atoms with van der Waals surface area (Å²) in [6.07, 6.45) is 1.14. The Labute approximate surface area is 108 Å². The van der Waals surface area contributed by atoms with Crippen molar-refractivity contribution in [2.75, 3.05) is 0 Å². The van der Waals surface area contributed by atoms with E-state index in [1.807, 2.05) is 20.8 Å². The average Bonchev–Trinajstić information content (AvgIpc) is 2.27. The van der Waals surface area contributed by atoms with Crippen LogP contribution in [0, 0.1) is 12.8 Å². The Morgan fingerprint density at radius 1 is 1.22 bits per heavy atom. The van der Waals surface area contributed by atoms with Crippen LogP contribution in [0.15, 0.2) is 29.2 Å². The predicted molar refractivity (Wildman–Crippen MR) is 70.8 cm³/mol. The van der Waals surface area contributed by atoms with Crippen molar-refractivity contribution < 1.29 is 13.2 Å². The van der Waals surface area contributed by atoms with E-state index < -0.39 is 16.1 Å². The summed E-state index contributed by atoms with van der Waals surface area (Å²) < 4.78 is 26.5. The molecule has 1 rings (SSSR count). The molecule has 0 aliphatic carbocycles. The second-order valence-electron chi connectivity index (χ2n) is 4.81. The lowest BCUT2D eigenvalue weighted by Gasteiger charge is -2.15. The summed E-state index contributed by atoms with van der Waals surface area (Å²) in [5.41, 5.74) is 0.989. The topological polar surface area (TPSA) is 63.2 Å². The van der Waals surface area contributed by atoms with Crippen molar-refractivity contribution >= 4 is 16.3 Å². The number of hydrogen-bond acceptors (Lipinski definition) is 3. The highest BCUT2D eigenvalue weighted by Crippen LogP contribution is 2.12. The van der Waals surface area contributed by atoms with Crippen LogP contribution in [0.25, 0.3) is 0 Å². The normalized spacial score (nSPS) is 13.6. The van der Waals surface area contributed by atoms with E-state index in [-0.39, 0.29) is 10.8 Å². The van der Waals surface area contributed by atoms with Crippen LogP contribution < -0.4 is 4.72 Å². The minimum atomic E-state index is -3.62. The molecule has 0 saturated carbocycles. The molecule has 1 aromatic rings. The summed E-state index contributed by atoms with van der Waals surface area (Å²) >= 11 is 0. The van der Waals surface area contributed by atoms with Crippen LogP contribution >= 0.6 is 0 Å². The Balaban J connectivity index is 2.86. The van der Waals surface area contributed by atoms with Gasteiger partial charge >= 0.3 is 0 Å². The molecule has 0 bridgehead atoms. The van der Waals surface area contributed by atoms with E-state index in [0.717, 1.165) is 5.56 Å². The largest absolute Gasteiger partial charge is 0.302 e. The van der Waals surface area contributed by atoms with Crippen LogP contribution in [-0.4, -0.2) is 20.7 Å². The lowest BCUT2D eigenvalue weighted by atomic mass is 10.1. The van der Waals surface area contributed by atoms with Gasteiger partial charge in [0.15, 0.2) is 0 Å². The number of aryl methyl sites for hydroxylation is 1. The third-order valence-electron chi connectivity index (χ3n) is 2.53. The molecule has 0 amide bonds. The number of carbonyl (C=O) groups excluding carboxylic acids is 1. The first kappa shape index (κ1) is 14.9. The Morgan fingerprint density at radius 2 is 1.78 bits per heavy atom. The molecule has 0 saturated heterocycles. The fourth-order valence-electron chi connectivity index (χ4n) is 1.62. The SMILES string of the molecule is Cc1ccc(S(=O)(=O)N[C@H](C=O)CC(C)C)cc1. The van der Waals surface area contributed by atoms with E-state index in [0.29, 0.717) is 12.7 Å². The highest BCUT2D eigenvalue weighted by molar-refractivity contribution is 7.89. The fourth-order valence-corrected chi connectivity index (χ4v) is 2.80. The quantitative estimate of drug-likeness (QED) is 0.802. The molecule has 1 aromatic carbocycles. The van der Waals surface area contributed by atoms with Crippen molar-refractivity contribution in [1.29, 1.82) is 0 Å². The molecule has 1 N–H and O–H groups in total. The lowest BCUT2D eigenvalue weighted by molar-refractivity contribution is -0.109. The summed E-state index contributed by atoms with van der Waals surface area (Å²) in [6.45, 7) is 5.77. The molecule has 0 aliphatic heterocycles. The number of hydrogen-bond donors (Lipinski definition) is 1. The molecule has 0 aromatic heterocycles. The van der Waals surface area contributed by atoms with Crippen molar-refractivity contribution in [3.8, 4) is 0 Å². The van der Waals surface area contributed by atoms with Gasteiger partial charge in [-0.1, -0.05) is 31.5 Å². The van der Waals surface area contributed by atoms with Crippen molar-refractivity contribution in [3.63, 3.8) is 0 Å². The average molecular weight is 269 g/mol. The van der Waals surface area contributed by atoms with E-state index in [1.165, 1.54) is 12.1 Å². The summed E-state index contributed by atoms with van der Waals surface area (Å²) in [4.78, 5) is 11.1. The lowest BCUT2D eigenvalue weighted by Crippen LogP contribution is -2.36. The number of nitrogens with one attached hydrogen (secondary N) is 1. The van der Waals surface area contributed by atoms with Gasteiger partial charge in [-0.2, -0.15) is 0 Å². The van der Waals surface area contributed by atoms with Gasteiger partial charge in [0.05, 0.1) is 10.9 Å². The maximum absolute atomic E-state index is 12.0. The first-order chi connectivity index (χ1) is 8.35. The van der Waals surface area contributed by atoms with E-state index in [1.54, 1.807) is 12.1 Å². The van der Waals surface area contributed by atoms with Crippen molar-refractivity contribution in [3.05, 3.63) is 29.8 Å². The number of rotatable bonds is 6. The third kappa shape index (κ3) is 4.23. The van der Waals surface area contributed by atoms with Gasteiger partial charge in [-0.05, 0) is 31.4 Å². The second kappa shape index (κ2) is 6.11. The molecule has 0 aliphatic rings. The Morgan fingerprint density at radius 3 is 2.22 bits per heavy atom. The smallest absolute Gasteiger partial charge is 0.241 e. The molecular weight excluding hydrogens is 250 g/mol. The third-order valence-corrected chi connectivity index (χ3v) is 4.03. The van der Waals surface area contributed by atoms with Gasteiger partial charge in [0.25, 0.3) is 0 Å². The number of carbonyl (C=O) groups is 1. The number of sulfonamides is 1. The molecule has 1 atom stereocenters. The Hall–Kier alpha value is -1.20. The molecule has 0 heterocycles. The summed E-state index contributed by atoms with van der Waals surface area (Å²) in [5.74, 6) is 0.251. The van der Waals surface area contributed by atoms with Crippen LogP contribution in [0.2, 0.25) is 0 Å². The molecule has 0 radical (unpaired) electrons. The predicted octanol–water partition coefficient (Wildman–Crippen LogP) is 1.89. The molecule has 4 nitrogen and oxygen atoms in total. The van der Waals surface area contributed by atoms with Crippen LogP contribution in [0.1, 0.15) is 25.8 Å². The maximum atomic E-state index is 12.0. The minimum Gasteiger partial charge on any atom is -0.302 e. The van der Waals surface area contributed by atoms with Gasteiger partial charge in [0.2, 0.25) is 10.0 Å². The van der Waals surface area contributed by atoms with Gasteiger partial charge in [-0.15, -0.1) is 0 Å². The van der Waals surface area contributed by atoms with Gasteiger partial charge < -0.3 is 4.79 Å². The molecule has 0 spiro atoms. The fraction of sp³-hybridized carbons (Fsp3) is 0.462. The highest BCUT2D eigenvalue weighted by Gasteiger charge is 2.20. The van der Waals surface area contributed by atoms with Crippen molar-refractivity contribution in [2.24, 2.45) is 5.92 Å². The van der Waals surface area contributed by atoms with Gasteiger partial charge in [-0.3, -0.25) is 0 Å². The van der Waals surface area contributed by atoms with Crippen LogP contribution in [0.4, 0.5) is 0 Å².